The Bertz CT molecular complexity index is 433. The minimum Gasteiger partial charge on any atom is -0.388 e. The van der Waals surface area contributed by atoms with Crippen molar-refractivity contribution in [3.05, 3.63) is 23.9 Å². The van der Waals surface area contributed by atoms with Crippen LogP contribution in [0.5, 0.6) is 0 Å². The number of anilines is 1. The lowest BCUT2D eigenvalue weighted by atomic mass is 9.82. The largest absolute Gasteiger partial charge is 0.388 e. The van der Waals surface area contributed by atoms with Crippen LogP contribution in [0.25, 0.3) is 0 Å². The van der Waals surface area contributed by atoms with E-state index in [-0.39, 0.29) is 11.0 Å². The smallest absolute Gasteiger partial charge is 0.127 e. The van der Waals surface area contributed by atoms with Crippen LogP contribution in [-0.2, 0) is 0 Å². The van der Waals surface area contributed by atoms with Gasteiger partial charge < -0.3 is 11.1 Å². The molecule has 3 N–H and O–H groups in total. The lowest BCUT2D eigenvalue weighted by Gasteiger charge is -2.33. The quantitative estimate of drug-likeness (QED) is 0.820. The van der Waals surface area contributed by atoms with Gasteiger partial charge in [-0.05, 0) is 37.8 Å². The van der Waals surface area contributed by atoms with E-state index in [2.05, 4.69) is 44.9 Å². The third-order valence-electron chi connectivity index (χ3n) is 2.44. The SMILES string of the molecule is CC(C)(C)CC(C)(C)Nc1cccc(C(N)=S)n1. The Morgan fingerprint density at radius 1 is 1.28 bits per heavy atom. The van der Waals surface area contributed by atoms with Crippen LogP contribution in [0.3, 0.4) is 0 Å². The standard InChI is InChI=1S/C14H23N3S/c1-13(2,3)9-14(4,5)17-11-8-6-7-10(16-11)12(15)18/h6-8H,9H2,1-5H3,(H2,15,18)(H,16,17). The maximum Gasteiger partial charge on any atom is 0.127 e. The molecule has 0 aliphatic carbocycles. The van der Waals surface area contributed by atoms with E-state index in [1.165, 1.54) is 0 Å². The molecule has 0 radical (unpaired) electrons. The molecular formula is C14H23N3S. The summed E-state index contributed by atoms with van der Waals surface area (Å²) in [6, 6.07) is 5.67. The number of thiocarbonyl (C=S) groups is 1. The summed E-state index contributed by atoms with van der Waals surface area (Å²) in [7, 11) is 0. The Morgan fingerprint density at radius 3 is 2.39 bits per heavy atom. The molecule has 0 amide bonds. The van der Waals surface area contributed by atoms with Crippen LogP contribution in [0, 0.1) is 5.41 Å². The molecule has 0 aliphatic heterocycles. The van der Waals surface area contributed by atoms with Gasteiger partial charge >= 0.3 is 0 Å². The van der Waals surface area contributed by atoms with E-state index < -0.39 is 0 Å². The average molecular weight is 265 g/mol. The summed E-state index contributed by atoms with van der Waals surface area (Å²) < 4.78 is 0. The van der Waals surface area contributed by atoms with Crippen molar-refractivity contribution in [3.8, 4) is 0 Å². The molecule has 1 aromatic rings. The Labute approximate surface area is 115 Å². The van der Waals surface area contributed by atoms with Gasteiger partial charge in [-0.3, -0.25) is 0 Å². The number of hydrogen-bond donors (Lipinski definition) is 2. The molecule has 0 unspecified atom stereocenters. The van der Waals surface area contributed by atoms with E-state index in [1.807, 2.05) is 18.2 Å². The molecule has 100 valence electrons. The fourth-order valence-electron chi connectivity index (χ4n) is 2.36. The minimum atomic E-state index is -0.0277. The molecule has 1 aromatic heterocycles. The van der Waals surface area contributed by atoms with E-state index >= 15 is 0 Å². The van der Waals surface area contributed by atoms with Crippen molar-refractivity contribution in [1.29, 1.82) is 0 Å². The Morgan fingerprint density at radius 2 is 1.89 bits per heavy atom. The van der Waals surface area contributed by atoms with Gasteiger partial charge in [-0.2, -0.15) is 0 Å². The zero-order valence-corrected chi connectivity index (χ0v) is 12.7. The summed E-state index contributed by atoms with van der Waals surface area (Å²) in [5.41, 5.74) is 6.48. The molecule has 0 saturated heterocycles. The molecule has 1 heterocycles. The Hall–Kier alpha value is -1.16. The van der Waals surface area contributed by atoms with Gasteiger partial charge in [-0.1, -0.05) is 39.1 Å². The van der Waals surface area contributed by atoms with E-state index in [9.17, 15) is 0 Å². The zero-order valence-electron chi connectivity index (χ0n) is 11.9. The highest BCUT2D eigenvalue weighted by molar-refractivity contribution is 7.80. The number of nitrogens with two attached hydrogens (primary N) is 1. The van der Waals surface area contributed by atoms with Gasteiger partial charge in [0.05, 0.1) is 5.69 Å². The second kappa shape index (κ2) is 5.22. The third-order valence-corrected chi connectivity index (χ3v) is 2.65. The number of hydrogen-bond acceptors (Lipinski definition) is 3. The summed E-state index contributed by atoms with van der Waals surface area (Å²) in [5, 5.41) is 3.44. The highest BCUT2D eigenvalue weighted by Gasteiger charge is 2.25. The average Bonchev–Trinajstić information content (AvgIpc) is 2.12. The number of aromatic nitrogens is 1. The fraction of sp³-hybridized carbons (Fsp3) is 0.571. The van der Waals surface area contributed by atoms with Crippen molar-refractivity contribution in [2.45, 2.75) is 46.6 Å². The van der Waals surface area contributed by atoms with Crippen molar-refractivity contribution in [2.24, 2.45) is 11.1 Å². The first kappa shape index (κ1) is 14.9. The second-order valence-electron chi connectivity index (χ2n) is 6.52. The van der Waals surface area contributed by atoms with Gasteiger partial charge in [0, 0.05) is 5.54 Å². The van der Waals surface area contributed by atoms with Gasteiger partial charge in [0.25, 0.3) is 0 Å². The summed E-state index contributed by atoms with van der Waals surface area (Å²) >= 11 is 4.94. The maximum absolute atomic E-state index is 5.59. The van der Waals surface area contributed by atoms with Gasteiger partial charge in [0.1, 0.15) is 10.8 Å². The van der Waals surface area contributed by atoms with Crippen molar-refractivity contribution in [2.75, 3.05) is 5.32 Å². The van der Waals surface area contributed by atoms with Crippen LogP contribution < -0.4 is 11.1 Å². The van der Waals surface area contributed by atoms with E-state index in [0.717, 1.165) is 12.2 Å². The van der Waals surface area contributed by atoms with Crippen LogP contribution in [-0.4, -0.2) is 15.5 Å². The van der Waals surface area contributed by atoms with Gasteiger partial charge in [-0.15, -0.1) is 0 Å². The molecule has 0 bridgehead atoms. The predicted molar refractivity (Wildman–Crippen MR) is 81.9 cm³/mol. The number of nitrogens with zero attached hydrogens (tertiary/aromatic N) is 1. The molecule has 18 heavy (non-hydrogen) atoms. The molecule has 4 heteroatoms. The van der Waals surface area contributed by atoms with Crippen molar-refractivity contribution >= 4 is 23.0 Å². The molecule has 0 saturated carbocycles. The van der Waals surface area contributed by atoms with Gasteiger partial charge in [-0.25, -0.2) is 4.98 Å². The first-order chi connectivity index (χ1) is 8.09. The summed E-state index contributed by atoms with van der Waals surface area (Å²) in [6.45, 7) is 11.0. The molecule has 0 aliphatic rings. The molecule has 0 atom stereocenters. The molecule has 0 spiro atoms. The van der Waals surface area contributed by atoms with E-state index in [4.69, 9.17) is 18.0 Å². The summed E-state index contributed by atoms with van der Waals surface area (Å²) in [5.74, 6) is 0.814. The highest BCUT2D eigenvalue weighted by atomic mass is 32.1. The molecule has 0 aromatic carbocycles. The van der Waals surface area contributed by atoms with Crippen LogP contribution in [0.15, 0.2) is 18.2 Å². The fourth-order valence-corrected chi connectivity index (χ4v) is 2.47. The second-order valence-corrected chi connectivity index (χ2v) is 6.96. The van der Waals surface area contributed by atoms with Crippen molar-refractivity contribution < 1.29 is 0 Å². The molecule has 1 rings (SSSR count). The van der Waals surface area contributed by atoms with Crippen LogP contribution >= 0.6 is 12.2 Å². The monoisotopic (exact) mass is 265 g/mol. The molecule has 0 fully saturated rings. The predicted octanol–water partition coefficient (Wildman–Crippen LogP) is 3.34. The summed E-state index contributed by atoms with van der Waals surface area (Å²) in [4.78, 5) is 4.74. The Balaban J connectivity index is 2.84. The topological polar surface area (TPSA) is 50.9 Å². The normalized spacial score (nSPS) is 12.3. The number of nitrogens with one attached hydrogen (secondary N) is 1. The van der Waals surface area contributed by atoms with Crippen LogP contribution in [0.1, 0.15) is 46.7 Å². The van der Waals surface area contributed by atoms with Crippen LogP contribution in [0.2, 0.25) is 0 Å². The molecular weight excluding hydrogens is 242 g/mol. The lowest BCUT2D eigenvalue weighted by molar-refractivity contribution is 0.302. The number of pyridine rings is 1. The minimum absolute atomic E-state index is 0.0277. The first-order valence-corrected chi connectivity index (χ1v) is 6.55. The Kier molecular flexibility index (Phi) is 4.32. The highest BCUT2D eigenvalue weighted by Crippen LogP contribution is 2.29. The lowest BCUT2D eigenvalue weighted by Crippen LogP contribution is -2.35. The van der Waals surface area contributed by atoms with E-state index in [0.29, 0.717) is 10.7 Å². The first-order valence-electron chi connectivity index (χ1n) is 6.14. The maximum atomic E-state index is 5.59. The van der Waals surface area contributed by atoms with E-state index in [1.54, 1.807) is 0 Å². The number of rotatable bonds is 4. The van der Waals surface area contributed by atoms with Crippen LogP contribution in [0.4, 0.5) is 5.82 Å². The van der Waals surface area contributed by atoms with Gasteiger partial charge in [0.15, 0.2) is 0 Å². The van der Waals surface area contributed by atoms with Crippen molar-refractivity contribution in [1.82, 2.24) is 4.98 Å². The van der Waals surface area contributed by atoms with Crippen molar-refractivity contribution in [3.63, 3.8) is 0 Å². The summed E-state index contributed by atoms with van der Waals surface area (Å²) in [6.07, 6.45) is 1.04. The zero-order chi connectivity index (χ0) is 14.0. The molecule has 3 nitrogen and oxygen atoms in total. The van der Waals surface area contributed by atoms with Gasteiger partial charge in [0.2, 0.25) is 0 Å². The third kappa shape index (κ3) is 5.00.